The molecule has 2 N–H and O–H groups in total. The lowest BCUT2D eigenvalue weighted by atomic mass is 10.1. The highest BCUT2D eigenvalue weighted by Crippen LogP contribution is 2.15. The third kappa shape index (κ3) is 4.78. The predicted molar refractivity (Wildman–Crippen MR) is 121 cm³/mol. The van der Waals surface area contributed by atoms with Crippen molar-refractivity contribution in [1.29, 1.82) is 0 Å². The summed E-state index contributed by atoms with van der Waals surface area (Å²) in [5, 5.41) is 11.5. The third-order valence-electron chi connectivity index (χ3n) is 4.88. The van der Waals surface area contributed by atoms with Gasteiger partial charge in [0, 0.05) is 17.3 Å². The molecule has 4 aromatic rings. The van der Waals surface area contributed by atoms with E-state index in [-0.39, 0.29) is 24.7 Å². The molecule has 0 atom stereocenters. The van der Waals surface area contributed by atoms with Crippen LogP contribution in [-0.4, -0.2) is 20.8 Å². The van der Waals surface area contributed by atoms with Crippen molar-refractivity contribution >= 4 is 22.5 Å². The molecule has 31 heavy (non-hydrogen) atoms. The molecular weight excluding hydrogens is 390 g/mol. The SMILES string of the molecule is Cc1cc(C)cc(NC(=O)NCc2nn(Cc3ccccn3)c(=O)c3ccccc23)c1. The molecule has 0 saturated heterocycles. The summed E-state index contributed by atoms with van der Waals surface area (Å²) in [6.07, 6.45) is 1.68. The van der Waals surface area contributed by atoms with Crippen LogP contribution in [0.2, 0.25) is 0 Å². The minimum absolute atomic E-state index is 0.180. The summed E-state index contributed by atoms with van der Waals surface area (Å²) in [4.78, 5) is 29.6. The lowest BCUT2D eigenvalue weighted by Crippen LogP contribution is -2.31. The van der Waals surface area contributed by atoms with E-state index in [0.717, 1.165) is 27.9 Å². The number of hydrogen-bond donors (Lipinski definition) is 2. The van der Waals surface area contributed by atoms with Gasteiger partial charge in [-0.25, -0.2) is 9.48 Å². The first-order valence-electron chi connectivity index (χ1n) is 10.0. The van der Waals surface area contributed by atoms with Crippen molar-refractivity contribution in [3.63, 3.8) is 0 Å². The zero-order valence-corrected chi connectivity index (χ0v) is 17.4. The maximum absolute atomic E-state index is 12.9. The van der Waals surface area contributed by atoms with E-state index in [1.807, 2.05) is 68.4 Å². The van der Waals surface area contributed by atoms with Crippen LogP contribution in [0.1, 0.15) is 22.5 Å². The van der Waals surface area contributed by atoms with Crippen molar-refractivity contribution in [2.75, 3.05) is 5.32 Å². The van der Waals surface area contributed by atoms with Gasteiger partial charge in [0.25, 0.3) is 5.56 Å². The summed E-state index contributed by atoms with van der Waals surface area (Å²) in [5.41, 5.74) is 4.03. The van der Waals surface area contributed by atoms with Gasteiger partial charge in [-0.05, 0) is 55.3 Å². The Labute approximate surface area is 179 Å². The Kier molecular flexibility index (Phi) is 5.75. The van der Waals surface area contributed by atoms with Crippen LogP contribution in [0.15, 0.2) is 71.7 Å². The quantitative estimate of drug-likeness (QED) is 0.521. The van der Waals surface area contributed by atoms with Gasteiger partial charge in [0.1, 0.15) is 0 Å². The highest BCUT2D eigenvalue weighted by atomic mass is 16.2. The van der Waals surface area contributed by atoms with Crippen molar-refractivity contribution in [2.45, 2.75) is 26.9 Å². The van der Waals surface area contributed by atoms with Crippen molar-refractivity contribution in [3.8, 4) is 0 Å². The summed E-state index contributed by atoms with van der Waals surface area (Å²) in [6.45, 7) is 4.40. The van der Waals surface area contributed by atoms with Gasteiger partial charge in [-0.1, -0.05) is 30.3 Å². The Bertz CT molecular complexity index is 1280. The Morgan fingerprint density at radius 1 is 0.968 bits per heavy atom. The topological polar surface area (TPSA) is 88.9 Å². The van der Waals surface area contributed by atoms with Gasteiger partial charge < -0.3 is 10.6 Å². The predicted octanol–water partition coefficient (Wildman–Crippen LogP) is 3.78. The summed E-state index contributed by atoms with van der Waals surface area (Å²) in [5.74, 6) is 0. The molecule has 0 unspecified atom stereocenters. The molecule has 7 heteroatoms. The molecule has 2 amide bonds. The molecule has 0 saturated carbocycles. The van der Waals surface area contributed by atoms with Crippen LogP contribution in [0.5, 0.6) is 0 Å². The van der Waals surface area contributed by atoms with Crippen molar-refractivity contribution in [1.82, 2.24) is 20.1 Å². The van der Waals surface area contributed by atoms with E-state index in [2.05, 4.69) is 20.7 Å². The number of nitrogens with zero attached hydrogens (tertiary/aromatic N) is 3. The Morgan fingerprint density at radius 2 is 1.68 bits per heavy atom. The number of benzene rings is 2. The van der Waals surface area contributed by atoms with Gasteiger partial charge in [-0.3, -0.25) is 9.78 Å². The third-order valence-corrected chi connectivity index (χ3v) is 4.88. The number of pyridine rings is 1. The van der Waals surface area contributed by atoms with Crippen LogP contribution in [0, 0.1) is 13.8 Å². The number of aromatic nitrogens is 3. The van der Waals surface area contributed by atoms with Gasteiger partial charge in [-0.15, -0.1) is 0 Å². The first kappa shape index (κ1) is 20.3. The number of rotatable bonds is 5. The Balaban J connectivity index is 1.58. The standard InChI is InChI=1S/C24H23N5O2/c1-16-11-17(2)13-19(12-16)27-24(31)26-14-22-20-8-3-4-9-21(20)23(30)29(28-22)15-18-7-5-6-10-25-18/h3-13H,14-15H2,1-2H3,(H2,26,27,31). The van der Waals surface area contributed by atoms with E-state index < -0.39 is 0 Å². The number of aryl methyl sites for hydroxylation is 2. The molecule has 7 nitrogen and oxygen atoms in total. The zero-order chi connectivity index (χ0) is 21.8. The van der Waals surface area contributed by atoms with Gasteiger partial charge in [0.05, 0.1) is 29.9 Å². The summed E-state index contributed by atoms with van der Waals surface area (Å²) >= 11 is 0. The Hall–Kier alpha value is -4.00. The normalized spacial score (nSPS) is 10.8. The second-order valence-electron chi connectivity index (χ2n) is 7.46. The summed E-state index contributed by atoms with van der Waals surface area (Å²) < 4.78 is 1.39. The van der Waals surface area contributed by atoms with E-state index in [9.17, 15) is 9.59 Å². The molecule has 4 rings (SSSR count). The summed E-state index contributed by atoms with van der Waals surface area (Å²) in [6, 6.07) is 18.4. The maximum Gasteiger partial charge on any atom is 0.319 e. The minimum atomic E-state index is -0.335. The molecule has 0 aliphatic carbocycles. The van der Waals surface area contributed by atoms with Gasteiger partial charge in [0.2, 0.25) is 0 Å². The van der Waals surface area contributed by atoms with Crippen molar-refractivity contribution < 1.29 is 4.79 Å². The molecule has 2 aromatic carbocycles. The van der Waals surface area contributed by atoms with Crippen LogP contribution >= 0.6 is 0 Å². The number of urea groups is 1. The van der Waals surface area contributed by atoms with E-state index in [4.69, 9.17) is 0 Å². The maximum atomic E-state index is 12.9. The fourth-order valence-electron chi connectivity index (χ4n) is 3.57. The zero-order valence-electron chi connectivity index (χ0n) is 17.4. The first-order chi connectivity index (χ1) is 15.0. The highest BCUT2D eigenvalue weighted by molar-refractivity contribution is 5.90. The molecule has 0 fully saturated rings. The number of amides is 2. The van der Waals surface area contributed by atoms with Crippen LogP contribution < -0.4 is 16.2 Å². The number of carbonyl (C=O) groups excluding carboxylic acids is 1. The number of carbonyl (C=O) groups is 1. The fraction of sp³-hybridized carbons (Fsp3) is 0.167. The van der Waals surface area contributed by atoms with Crippen LogP contribution in [0.3, 0.4) is 0 Å². The minimum Gasteiger partial charge on any atom is -0.332 e. The van der Waals surface area contributed by atoms with E-state index >= 15 is 0 Å². The number of anilines is 1. The lowest BCUT2D eigenvalue weighted by Gasteiger charge is -2.13. The number of fused-ring (bicyclic) bond motifs is 1. The summed E-state index contributed by atoms with van der Waals surface area (Å²) in [7, 11) is 0. The molecule has 2 aromatic heterocycles. The van der Waals surface area contributed by atoms with Crippen molar-refractivity contribution in [3.05, 3.63) is 99.7 Å². The fourth-order valence-corrected chi connectivity index (χ4v) is 3.57. The number of nitrogens with one attached hydrogen (secondary N) is 2. The second kappa shape index (κ2) is 8.79. The van der Waals surface area contributed by atoms with Crippen molar-refractivity contribution in [2.24, 2.45) is 0 Å². The van der Waals surface area contributed by atoms with Gasteiger partial charge in [-0.2, -0.15) is 5.10 Å². The largest absolute Gasteiger partial charge is 0.332 e. The van der Waals surface area contributed by atoms with Crippen LogP contribution in [-0.2, 0) is 13.1 Å². The number of hydrogen-bond acceptors (Lipinski definition) is 4. The molecule has 2 heterocycles. The van der Waals surface area contributed by atoms with E-state index in [0.29, 0.717) is 11.1 Å². The molecular formula is C24H23N5O2. The van der Waals surface area contributed by atoms with Crippen LogP contribution in [0.4, 0.5) is 10.5 Å². The molecule has 0 aliphatic heterocycles. The molecule has 0 spiro atoms. The molecule has 0 radical (unpaired) electrons. The highest BCUT2D eigenvalue weighted by Gasteiger charge is 2.12. The van der Waals surface area contributed by atoms with E-state index in [1.54, 1.807) is 12.3 Å². The first-order valence-corrected chi connectivity index (χ1v) is 10.0. The monoisotopic (exact) mass is 413 g/mol. The molecule has 0 aliphatic rings. The van der Waals surface area contributed by atoms with Gasteiger partial charge in [0.15, 0.2) is 0 Å². The smallest absolute Gasteiger partial charge is 0.319 e. The van der Waals surface area contributed by atoms with E-state index in [1.165, 1.54) is 4.68 Å². The average Bonchev–Trinajstić information content (AvgIpc) is 2.75. The molecule has 156 valence electrons. The van der Waals surface area contributed by atoms with Crippen LogP contribution in [0.25, 0.3) is 10.8 Å². The lowest BCUT2D eigenvalue weighted by molar-refractivity contribution is 0.251. The van der Waals surface area contributed by atoms with Gasteiger partial charge >= 0.3 is 6.03 Å². The Morgan fingerprint density at radius 3 is 2.39 bits per heavy atom. The second-order valence-corrected chi connectivity index (χ2v) is 7.46. The average molecular weight is 413 g/mol. The molecule has 0 bridgehead atoms.